The molecule has 0 aliphatic carbocycles. The Bertz CT molecular complexity index is 461. The van der Waals surface area contributed by atoms with Gasteiger partial charge in [-0.15, -0.1) is 0 Å². The van der Waals surface area contributed by atoms with Crippen LogP contribution in [0.1, 0.15) is 5.56 Å². The fourth-order valence-corrected chi connectivity index (χ4v) is 1.87. The molecule has 0 radical (unpaired) electrons. The summed E-state index contributed by atoms with van der Waals surface area (Å²) in [5.74, 6) is -0.937. The van der Waals surface area contributed by atoms with Crippen molar-refractivity contribution in [1.29, 1.82) is 0 Å². The summed E-state index contributed by atoms with van der Waals surface area (Å²) in [5, 5.41) is 1.01. The van der Waals surface area contributed by atoms with Crippen LogP contribution in [0.3, 0.4) is 0 Å². The number of rotatable bonds is 5. The highest BCUT2D eigenvalue weighted by Crippen LogP contribution is 2.25. The molecular formula is C13H15NO5. The molecule has 1 heterocycles. The number of hydrogen-bond acceptors (Lipinski definition) is 5. The second-order valence-electron chi connectivity index (χ2n) is 4.05. The Hall–Kier alpha value is -1.92. The summed E-state index contributed by atoms with van der Waals surface area (Å²) in [5.41, 5.74) is 0.903. The van der Waals surface area contributed by atoms with E-state index in [1.165, 1.54) is 14.2 Å². The molecule has 1 amide bonds. The van der Waals surface area contributed by atoms with E-state index in [2.05, 4.69) is 4.74 Å². The first-order chi connectivity index (χ1) is 9.19. The molecule has 1 aromatic carbocycles. The van der Waals surface area contributed by atoms with E-state index in [-0.39, 0.29) is 12.5 Å². The van der Waals surface area contributed by atoms with Crippen molar-refractivity contribution < 1.29 is 23.9 Å². The van der Waals surface area contributed by atoms with Crippen molar-refractivity contribution in [3.63, 3.8) is 0 Å². The van der Waals surface area contributed by atoms with Gasteiger partial charge in [-0.2, -0.15) is 0 Å². The number of esters is 1. The molecule has 1 aromatic rings. The number of methoxy groups -OCH3 is 2. The molecule has 0 saturated carbocycles. The summed E-state index contributed by atoms with van der Waals surface area (Å²) in [7, 11) is 2.63. The number of nitrogens with zero attached hydrogens (tertiary/aromatic N) is 1. The van der Waals surface area contributed by atoms with Crippen molar-refractivity contribution in [3.8, 4) is 0 Å². The average Bonchev–Trinajstić information content (AvgIpc) is 2.45. The van der Waals surface area contributed by atoms with Crippen LogP contribution in [0.5, 0.6) is 0 Å². The molecule has 102 valence electrons. The Kier molecular flexibility index (Phi) is 4.13. The second-order valence-corrected chi connectivity index (χ2v) is 4.05. The molecule has 0 unspecified atom stereocenters. The average molecular weight is 265 g/mol. The number of hydrogen-bond donors (Lipinski definition) is 0. The Morgan fingerprint density at radius 2 is 1.95 bits per heavy atom. The topological polar surface area (TPSA) is 65.1 Å². The third kappa shape index (κ3) is 2.59. The molecule has 0 bridgehead atoms. The van der Waals surface area contributed by atoms with E-state index in [1.807, 2.05) is 30.3 Å². The quantitative estimate of drug-likeness (QED) is 0.573. The molecule has 1 aliphatic rings. The van der Waals surface area contributed by atoms with Crippen molar-refractivity contribution in [2.24, 2.45) is 0 Å². The van der Waals surface area contributed by atoms with E-state index < -0.39 is 18.1 Å². The number of hydroxylamine groups is 2. The third-order valence-electron chi connectivity index (χ3n) is 2.91. The van der Waals surface area contributed by atoms with Gasteiger partial charge in [0.15, 0.2) is 12.1 Å². The Labute approximate surface area is 110 Å². The molecule has 19 heavy (non-hydrogen) atoms. The summed E-state index contributed by atoms with van der Waals surface area (Å²) in [4.78, 5) is 28.6. The number of carbonyl (C=O) groups is 2. The first-order valence-electron chi connectivity index (χ1n) is 5.79. The van der Waals surface area contributed by atoms with Crippen LogP contribution in [-0.4, -0.2) is 43.3 Å². The zero-order chi connectivity index (χ0) is 13.8. The minimum absolute atomic E-state index is 0.205. The molecule has 2 rings (SSSR count). The van der Waals surface area contributed by atoms with Crippen LogP contribution in [0.25, 0.3) is 0 Å². The molecule has 1 aliphatic heterocycles. The first kappa shape index (κ1) is 13.5. The SMILES string of the molecule is COC(=O)[C@@H]1[C@@H](OC)C(=O)N1OCc1ccccc1. The summed E-state index contributed by atoms with van der Waals surface area (Å²) in [6.45, 7) is 0.205. The van der Waals surface area contributed by atoms with Crippen molar-refractivity contribution in [2.75, 3.05) is 14.2 Å². The van der Waals surface area contributed by atoms with Gasteiger partial charge in [0.2, 0.25) is 0 Å². The number of carbonyl (C=O) groups excluding carboxylic acids is 2. The van der Waals surface area contributed by atoms with Crippen molar-refractivity contribution >= 4 is 11.9 Å². The molecule has 0 spiro atoms. The van der Waals surface area contributed by atoms with Crippen molar-refractivity contribution in [2.45, 2.75) is 18.8 Å². The van der Waals surface area contributed by atoms with Gasteiger partial charge in [0.1, 0.15) is 6.61 Å². The van der Waals surface area contributed by atoms with Crippen LogP contribution in [0, 0.1) is 0 Å². The predicted octanol–water partition coefficient (Wildman–Crippen LogP) is 0.517. The van der Waals surface area contributed by atoms with E-state index in [9.17, 15) is 9.59 Å². The number of amides is 1. The van der Waals surface area contributed by atoms with E-state index in [4.69, 9.17) is 9.57 Å². The third-order valence-corrected chi connectivity index (χ3v) is 2.91. The number of β-lactam (4-membered cyclic amide) rings is 1. The van der Waals surface area contributed by atoms with Crippen LogP contribution in [-0.2, 0) is 30.5 Å². The van der Waals surface area contributed by atoms with Crippen LogP contribution < -0.4 is 0 Å². The fourth-order valence-electron chi connectivity index (χ4n) is 1.87. The van der Waals surface area contributed by atoms with Gasteiger partial charge < -0.3 is 9.47 Å². The molecule has 1 fully saturated rings. The molecule has 0 N–H and O–H groups in total. The van der Waals surface area contributed by atoms with Gasteiger partial charge in [0.05, 0.1) is 7.11 Å². The lowest BCUT2D eigenvalue weighted by Crippen LogP contribution is -2.68. The number of ether oxygens (including phenoxy) is 2. The summed E-state index contributed by atoms with van der Waals surface area (Å²) < 4.78 is 9.57. The van der Waals surface area contributed by atoms with Crippen LogP contribution in [0.15, 0.2) is 30.3 Å². The van der Waals surface area contributed by atoms with E-state index in [0.29, 0.717) is 0 Å². The second kappa shape index (κ2) is 5.81. The molecule has 6 nitrogen and oxygen atoms in total. The first-order valence-corrected chi connectivity index (χ1v) is 5.79. The molecule has 6 heteroatoms. The van der Waals surface area contributed by atoms with Gasteiger partial charge in [-0.25, -0.2) is 9.86 Å². The fraction of sp³-hybridized carbons (Fsp3) is 0.385. The van der Waals surface area contributed by atoms with Crippen LogP contribution in [0.2, 0.25) is 0 Å². The van der Waals surface area contributed by atoms with Gasteiger partial charge in [0.25, 0.3) is 5.91 Å². The Morgan fingerprint density at radius 1 is 1.26 bits per heavy atom. The maximum absolute atomic E-state index is 11.7. The minimum Gasteiger partial charge on any atom is -0.467 e. The lowest BCUT2D eigenvalue weighted by atomic mass is 10.0. The molecule has 0 aromatic heterocycles. The lowest BCUT2D eigenvalue weighted by Gasteiger charge is -2.42. The molecular weight excluding hydrogens is 250 g/mol. The molecule has 2 atom stereocenters. The lowest BCUT2D eigenvalue weighted by molar-refractivity contribution is -0.262. The van der Waals surface area contributed by atoms with Crippen LogP contribution >= 0.6 is 0 Å². The summed E-state index contributed by atoms with van der Waals surface area (Å²) in [6, 6.07) is 8.51. The zero-order valence-corrected chi connectivity index (χ0v) is 10.7. The van der Waals surface area contributed by atoms with Gasteiger partial charge in [-0.05, 0) is 5.56 Å². The minimum atomic E-state index is -0.841. The maximum atomic E-state index is 11.7. The van der Waals surface area contributed by atoms with E-state index >= 15 is 0 Å². The Balaban J connectivity index is 1.99. The van der Waals surface area contributed by atoms with Gasteiger partial charge in [-0.1, -0.05) is 30.3 Å². The predicted molar refractivity (Wildman–Crippen MR) is 64.7 cm³/mol. The smallest absolute Gasteiger partial charge is 0.334 e. The normalized spacial score (nSPS) is 22.0. The van der Waals surface area contributed by atoms with Crippen molar-refractivity contribution in [3.05, 3.63) is 35.9 Å². The van der Waals surface area contributed by atoms with Crippen molar-refractivity contribution in [1.82, 2.24) is 5.06 Å². The Morgan fingerprint density at radius 3 is 2.53 bits per heavy atom. The largest absolute Gasteiger partial charge is 0.467 e. The molecule has 1 saturated heterocycles. The standard InChI is InChI=1S/C13H15NO5/c1-17-11-10(13(16)18-2)14(12(11)15)19-8-9-6-4-3-5-7-9/h3-7,10-11H,8H2,1-2H3/t10-,11+/m0/s1. The summed E-state index contributed by atoms with van der Waals surface area (Å²) >= 11 is 0. The van der Waals surface area contributed by atoms with Gasteiger partial charge in [-0.3, -0.25) is 9.63 Å². The maximum Gasteiger partial charge on any atom is 0.334 e. The summed E-state index contributed by atoms with van der Waals surface area (Å²) in [6.07, 6.45) is -0.830. The van der Waals surface area contributed by atoms with Gasteiger partial charge >= 0.3 is 5.97 Å². The zero-order valence-electron chi connectivity index (χ0n) is 10.7. The highest BCUT2D eigenvalue weighted by molar-refractivity contribution is 5.98. The number of benzene rings is 1. The van der Waals surface area contributed by atoms with Gasteiger partial charge in [0, 0.05) is 7.11 Å². The van der Waals surface area contributed by atoms with E-state index in [1.54, 1.807) is 0 Å². The van der Waals surface area contributed by atoms with Crippen LogP contribution in [0.4, 0.5) is 0 Å². The highest BCUT2D eigenvalue weighted by Gasteiger charge is 2.54. The van der Waals surface area contributed by atoms with E-state index in [0.717, 1.165) is 10.6 Å². The highest BCUT2D eigenvalue weighted by atomic mass is 16.7. The monoisotopic (exact) mass is 265 g/mol.